The van der Waals surface area contributed by atoms with Crippen molar-refractivity contribution < 1.29 is 28.2 Å². The lowest BCUT2D eigenvalue weighted by atomic mass is 10.2. The Labute approximate surface area is 182 Å². The fourth-order valence-electron chi connectivity index (χ4n) is 2.88. The van der Waals surface area contributed by atoms with Crippen LogP contribution in [0.2, 0.25) is 0 Å². The van der Waals surface area contributed by atoms with E-state index in [0.29, 0.717) is 33.2 Å². The number of esters is 1. The summed E-state index contributed by atoms with van der Waals surface area (Å²) in [6, 6.07) is 17.8. The minimum Gasteiger partial charge on any atom is -0.457 e. The summed E-state index contributed by atoms with van der Waals surface area (Å²) in [5.74, 6) is 0.245. The van der Waals surface area contributed by atoms with Crippen LogP contribution in [0.25, 0.3) is 0 Å². The Hall–Kier alpha value is -3.52. The molecule has 0 saturated carbocycles. The second-order valence-corrected chi connectivity index (χ2v) is 7.62. The molecule has 0 aliphatic carbocycles. The molecule has 3 aromatic carbocycles. The maximum Gasteiger partial charge on any atom is 0.339 e. The number of hydrogen-bond acceptors (Lipinski definition) is 6. The van der Waals surface area contributed by atoms with Crippen molar-refractivity contribution in [1.82, 2.24) is 0 Å². The molecule has 1 amide bonds. The normalized spacial score (nSPS) is 11.8. The van der Waals surface area contributed by atoms with Crippen LogP contribution < -0.4 is 14.8 Å². The van der Waals surface area contributed by atoms with Gasteiger partial charge in [-0.3, -0.25) is 4.79 Å². The van der Waals surface area contributed by atoms with Gasteiger partial charge < -0.3 is 19.5 Å². The Bertz CT molecular complexity index is 1100. The van der Waals surface area contributed by atoms with E-state index in [4.69, 9.17) is 14.2 Å². The molecule has 158 valence electrons. The van der Waals surface area contributed by atoms with E-state index in [2.05, 4.69) is 5.32 Å². The minimum absolute atomic E-state index is 0.0305. The Morgan fingerprint density at radius 1 is 1.00 bits per heavy atom. The first-order chi connectivity index (χ1) is 15.1. The molecule has 0 saturated heterocycles. The molecule has 0 aromatic heterocycles. The summed E-state index contributed by atoms with van der Waals surface area (Å²) >= 11 is 1.23. The van der Waals surface area contributed by atoms with Crippen molar-refractivity contribution in [3.8, 4) is 11.5 Å². The average Bonchev–Trinajstić information content (AvgIpc) is 3.25. The summed E-state index contributed by atoms with van der Waals surface area (Å²) in [5, 5.41) is 2.80. The second kappa shape index (κ2) is 9.53. The van der Waals surface area contributed by atoms with Crippen LogP contribution in [0.15, 0.2) is 71.6 Å². The highest BCUT2D eigenvalue weighted by Gasteiger charge is 2.16. The predicted molar refractivity (Wildman–Crippen MR) is 114 cm³/mol. The van der Waals surface area contributed by atoms with Gasteiger partial charge in [-0.15, -0.1) is 11.8 Å². The first kappa shape index (κ1) is 20.7. The number of fused-ring (bicyclic) bond motifs is 1. The third-order valence-electron chi connectivity index (χ3n) is 4.41. The lowest BCUT2D eigenvalue weighted by molar-refractivity contribution is -0.113. The number of carbonyl (C=O) groups is 2. The highest BCUT2D eigenvalue weighted by molar-refractivity contribution is 8.00. The third kappa shape index (κ3) is 5.35. The van der Waals surface area contributed by atoms with E-state index < -0.39 is 5.97 Å². The number of anilines is 1. The van der Waals surface area contributed by atoms with Crippen LogP contribution >= 0.6 is 11.8 Å². The summed E-state index contributed by atoms with van der Waals surface area (Å²) in [7, 11) is 0. The van der Waals surface area contributed by atoms with E-state index in [1.54, 1.807) is 54.6 Å². The van der Waals surface area contributed by atoms with Crippen molar-refractivity contribution >= 4 is 29.3 Å². The van der Waals surface area contributed by atoms with E-state index >= 15 is 0 Å². The molecule has 8 heteroatoms. The van der Waals surface area contributed by atoms with Crippen LogP contribution in [-0.4, -0.2) is 24.4 Å². The van der Waals surface area contributed by atoms with Gasteiger partial charge in [0, 0.05) is 16.6 Å². The highest BCUT2D eigenvalue weighted by Crippen LogP contribution is 2.34. The molecule has 0 fully saturated rings. The van der Waals surface area contributed by atoms with Crippen molar-refractivity contribution in [3.05, 3.63) is 83.7 Å². The zero-order chi connectivity index (χ0) is 21.6. The molecular weight excluding hydrogens is 421 g/mol. The van der Waals surface area contributed by atoms with Crippen LogP contribution in [0, 0.1) is 5.82 Å². The Morgan fingerprint density at radius 3 is 2.61 bits per heavy atom. The van der Waals surface area contributed by atoms with E-state index in [1.807, 2.05) is 0 Å². The van der Waals surface area contributed by atoms with Crippen LogP contribution in [0.3, 0.4) is 0 Å². The van der Waals surface area contributed by atoms with Gasteiger partial charge in [-0.2, -0.15) is 0 Å². The van der Waals surface area contributed by atoms with Crippen molar-refractivity contribution in [3.63, 3.8) is 0 Å². The van der Waals surface area contributed by atoms with Gasteiger partial charge in [0.2, 0.25) is 12.7 Å². The number of thioether (sulfide) groups is 1. The van der Waals surface area contributed by atoms with Crippen molar-refractivity contribution in [2.24, 2.45) is 0 Å². The van der Waals surface area contributed by atoms with E-state index in [0.717, 1.165) is 0 Å². The zero-order valence-electron chi connectivity index (χ0n) is 16.3. The molecule has 1 N–H and O–H groups in total. The lowest BCUT2D eigenvalue weighted by Crippen LogP contribution is -2.14. The van der Waals surface area contributed by atoms with Crippen LogP contribution in [0.5, 0.6) is 11.5 Å². The zero-order valence-corrected chi connectivity index (χ0v) is 17.1. The molecule has 0 bridgehead atoms. The van der Waals surface area contributed by atoms with Gasteiger partial charge in [0.25, 0.3) is 0 Å². The molecule has 4 rings (SSSR count). The second-order valence-electron chi connectivity index (χ2n) is 6.60. The van der Waals surface area contributed by atoms with Gasteiger partial charge in [-0.25, -0.2) is 9.18 Å². The van der Waals surface area contributed by atoms with E-state index in [9.17, 15) is 14.0 Å². The largest absolute Gasteiger partial charge is 0.457 e. The molecule has 0 unspecified atom stereocenters. The molecule has 0 atom stereocenters. The van der Waals surface area contributed by atoms with Crippen molar-refractivity contribution in [2.75, 3.05) is 17.9 Å². The quantitative estimate of drug-likeness (QED) is 0.427. The van der Waals surface area contributed by atoms with Gasteiger partial charge in [0.15, 0.2) is 11.5 Å². The molecule has 6 nitrogen and oxygen atoms in total. The molecule has 0 radical (unpaired) electrons. The maximum absolute atomic E-state index is 13.0. The number of benzene rings is 3. The average molecular weight is 439 g/mol. The van der Waals surface area contributed by atoms with Gasteiger partial charge in [0.1, 0.15) is 12.4 Å². The molecule has 1 aliphatic rings. The number of nitrogens with one attached hydrogen (secondary N) is 1. The number of hydrogen-bond donors (Lipinski definition) is 1. The summed E-state index contributed by atoms with van der Waals surface area (Å²) in [5.41, 5.74) is 1.65. The summed E-state index contributed by atoms with van der Waals surface area (Å²) in [4.78, 5) is 25.5. The standard InChI is InChI=1S/C23H18FNO5S/c24-16-7-5-15(6-8-16)12-28-23(27)18-3-1-2-4-21(18)31-13-22(26)25-17-9-10-19-20(11-17)30-14-29-19/h1-11H,12-14H2,(H,25,26). The van der Waals surface area contributed by atoms with Gasteiger partial charge in [-0.05, 0) is 42.0 Å². The van der Waals surface area contributed by atoms with Crippen LogP contribution in [0.1, 0.15) is 15.9 Å². The summed E-state index contributed by atoms with van der Waals surface area (Å²) in [6.07, 6.45) is 0. The van der Waals surface area contributed by atoms with Crippen LogP contribution in [-0.2, 0) is 16.1 Å². The van der Waals surface area contributed by atoms with E-state index in [1.165, 1.54) is 23.9 Å². The fraction of sp³-hybridized carbons (Fsp3) is 0.130. The highest BCUT2D eigenvalue weighted by atomic mass is 32.2. The Morgan fingerprint density at radius 2 is 1.77 bits per heavy atom. The number of rotatable bonds is 7. The number of amides is 1. The molecule has 1 heterocycles. The Kier molecular flexibility index (Phi) is 6.37. The molecule has 3 aromatic rings. The summed E-state index contributed by atoms with van der Waals surface area (Å²) in [6.45, 7) is 0.194. The summed E-state index contributed by atoms with van der Waals surface area (Å²) < 4.78 is 28.9. The molecule has 0 spiro atoms. The lowest BCUT2D eigenvalue weighted by Gasteiger charge is -2.10. The number of halogens is 1. The van der Waals surface area contributed by atoms with Crippen molar-refractivity contribution in [2.45, 2.75) is 11.5 Å². The molecule has 31 heavy (non-hydrogen) atoms. The monoisotopic (exact) mass is 439 g/mol. The molecular formula is C23H18FNO5S. The number of carbonyl (C=O) groups excluding carboxylic acids is 2. The predicted octanol–water partition coefficient (Wildman–Crippen LogP) is 4.64. The molecule has 1 aliphatic heterocycles. The van der Waals surface area contributed by atoms with Gasteiger partial charge in [-0.1, -0.05) is 24.3 Å². The minimum atomic E-state index is -0.511. The van der Waals surface area contributed by atoms with Gasteiger partial charge >= 0.3 is 5.97 Å². The van der Waals surface area contributed by atoms with Crippen LogP contribution in [0.4, 0.5) is 10.1 Å². The number of ether oxygens (including phenoxy) is 3. The van der Waals surface area contributed by atoms with Crippen molar-refractivity contribution in [1.29, 1.82) is 0 Å². The fourth-order valence-corrected chi connectivity index (χ4v) is 3.72. The smallest absolute Gasteiger partial charge is 0.339 e. The van der Waals surface area contributed by atoms with E-state index in [-0.39, 0.29) is 30.9 Å². The first-order valence-corrected chi connectivity index (χ1v) is 10.4. The van der Waals surface area contributed by atoms with Gasteiger partial charge in [0.05, 0.1) is 11.3 Å². The Balaban J connectivity index is 1.34. The first-order valence-electron chi connectivity index (χ1n) is 9.41. The maximum atomic E-state index is 13.0. The third-order valence-corrected chi connectivity index (χ3v) is 5.48. The SMILES string of the molecule is O=C(CSc1ccccc1C(=O)OCc1ccc(F)cc1)Nc1ccc2c(c1)OCO2. The topological polar surface area (TPSA) is 73.9 Å².